The molecule has 0 aromatic heterocycles. The van der Waals surface area contributed by atoms with E-state index in [1.165, 1.54) is 34.1 Å². The summed E-state index contributed by atoms with van der Waals surface area (Å²) in [4.78, 5) is 12.0. The lowest BCUT2D eigenvalue weighted by Crippen LogP contribution is -2.32. The molecule has 0 spiro atoms. The highest BCUT2D eigenvalue weighted by Gasteiger charge is 2.17. The number of amides is 1. The Balaban J connectivity index is 1.74. The van der Waals surface area contributed by atoms with Crippen LogP contribution in [0.4, 0.5) is 10.1 Å². The number of carbonyl (C=O) groups excluding carboxylic acids is 1. The molecular weight excluding hydrogens is 395 g/mol. The van der Waals surface area contributed by atoms with Crippen LogP contribution in [0.25, 0.3) is 0 Å². The third kappa shape index (κ3) is 7.38. The number of nitrogens with one attached hydrogen (secondary N) is 1. The molecule has 1 N–H and O–H groups in total. The van der Waals surface area contributed by atoms with Gasteiger partial charge in [-0.25, -0.2) is 12.8 Å². The molecule has 0 aliphatic heterocycles. The van der Waals surface area contributed by atoms with E-state index in [1.54, 1.807) is 0 Å². The first kappa shape index (κ1) is 22.7. The minimum Gasteiger partial charge on any atom is -0.492 e. The van der Waals surface area contributed by atoms with Crippen molar-refractivity contribution in [2.45, 2.75) is 26.7 Å². The van der Waals surface area contributed by atoms with Gasteiger partial charge in [0, 0.05) is 13.0 Å². The van der Waals surface area contributed by atoms with Crippen molar-refractivity contribution in [2.75, 3.05) is 30.3 Å². The summed E-state index contributed by atoms with van der Waals surface area (Å²) in [6.45, 7) is 4.88. The second kappa shape index (κ2) is 10.2. The van der Waals surface area contributed by atoms with Gasteiger partial charge >= 0.3 is 0 Å². The van der Waals surface area contributed by atoms with Crippen LogP contribution in [0.3, 0.4) is 0 Å². The van der Waals surface area contributed by atoms with Gasteiger partial charge in [-0.1, -0.05) is 6.07 Å². The van der Waals surface area contributed by atoms with Crippen LogP contribution in [-0.4, -0.2) is 40.3 Å². The summed E-state index contributed by atoms with van der Waals surface area (Å²) in [7, 11) is -3.53. The Bertz CT molecular complexity index is 930. The number of aryl methyl sites for hydroxylation is 2. The van der Waals surface area contributed by atoms with Crippen molar-refractivity contribution < 1.29 is 22.3 Å². The van der Waals surface area contributed by atoms with Crippen molar-refractivity contribution in [2.24, 2.45) is 0 Å². The summed E-state index contributed by atoms with van der Waals surface area (Å²) < 4.78 is 43.8. The topological polar surface area (TPSA) is 75.7 Å². The first-order chi connectivity index (χ1) is 13.7. The molecule has 0 aliphatic carbocycles. The van der Waals surface area contributed by atoms with Crippen molar-refractivity contribution in [3.8, 4) is 5.75 Å². The summed E-state index contributed by atoms with van der Waals surface area (Å²) in [5.41, 5.74) is 2.70. The Hall–Kier alpha value is -2.61. The third-order valence-electron chi connectivity index (χ3n) is 4.45. The normalized spacial score (nSPS) is 11.2. The fraction of sp³-hybridized carbons (Fsp3) is 0.381. The number of hydrogen-bond acceptors (Lipinski definition) is 4. The van der Waals surface area contributed by atoms with Crippen molar-refractivity contribution in [3.05, 3.63) is 59.4 Å². The third-order valence-corrected chi connectivity index (χ3v) is 5.65. The molecule has 0 saturated carbocycles. The lowest BCUT2D eigenvalue weighted by molar-refractivity contribution is -0.121. The summed E-state index contributed by atoms with van der Waals surface area (Å²) >= 11 is 0. The van der Waals surface area contributed by atoms with Gasteiger partial charge in [0.05, 0.1) is 18.5 Å². The van der Waals surface area contributed by atoms with Crippen LogP contribution >= 0.6 is 0 Å². The lowest BCUT2D eigenvalue weighted by atomic mass is 10.1. The Morgan fingerprint density at radius 1 is 1.10 bits per heavy atom. The van der Waals surface area contributed by atoms with Crippen LogP contribution in [0.15, 0.2) is 42.5 Å². The van der Waals surface area contributed by atoms with E-state index in [2.05, 4.69) is 5.32 Å². The van der Waals surface area contributed by atoms with Crippen molar-refractivity contribution in [1.29, 1.82) is 0 Å². The number of halogens is 1. The molecule has 6 nitrogen and oxygen atoms in total. The zero-order valence-corrected chi connectivity index (χ0v) is 17.8. The molecule has 0 saturated heterocycles. The van der Waals surface area contributed by atoms with Gasteiger partial charge in [-0.2, -0.15) is 0 Å². The molecule has 0 fully saturated rings. The van der Waals surface area contributed by atoms with Crippen molar-refractivity contribution in [3.63, 3.8) is 0 Å². The highest BCUT2D eigenvalue weighted by Crippen LogP contribution is 2.19. The van der Waals surface area contributed by atoms with E-state index < -0.39 is 15.8 Å². The van der Waals surface area contributed by atoms with E-state index in [-0.39, 0.29) is 18.9 Å². The van der Waals surface area contributed by atoms with Crippen LogP contribution in [0.1, 0.15) is 24.0 Å². The van der Waals surface area contributed by atoms with Crippen molar-refractivity contribution >= 4 is 21.6 Å². The van der Waals surface area contributed by atoms with Gasteiger partial charge < -0.3 is 10.1 Å². The van der Waals surface area contributed by atoms with E-state index in [4.69, 9.17) is 4.74 Å². The van der Waals surface area contributed by atoms with Crippen LogP contribution in [0.2, 0.25) is 0 Å². The summed E-state index contributed by atoms with van der Waals surface area (Å²) in [5.74, 6) is 0.135. The average Bonchev–Trinajstić information content (AvgIpc) is 2.65. The molecule has 2 aromatic carbocycles. The number of benzene rings is 2. The zero-order chi connectivity index (χ0) is 21.4. The predicted molar refractivity (Wildman–Crippen MR) is 112 cm³/mol. The Labute approximate surface area is 171 Å². The largest absolute Gasteiger partial charge is 0.492 e. The van der Waals surface area contributed by atoms with E-state index in [1.807, 2.05) is 32.0 Å². The zero-order valence-electron chi connectivity index (χ0n) is 16.9. The first-order valence-corrected chi connectivity index (χ1v) is 11.2. The molecule has 1 amide bonds. The number of nitrogens with zero attached hydrogens (tertiary/aromatic N) is 1. The monoisotopic (exact) mass is 422 g/mol. The second-order valence-corrected chi connectivity index (χ2v) is 8.77. The molecule has 2 rings (SSSR count). The van der Waals surface area contributed by atoms with Crippen molar-refractivity contribution in [1.82, 2.24) is 5.32 Å². The van der Waals surface area contributed by atoms with Gasteiger partial charge in [-0.15, -0.1) is 0 Å². The molecule has 0 atom stereocenters. The molecule has 0 unspecified atom stereocenters. The molecule has 0 radical (unpaired) electrons. The number of anilines is 1. The van der Waals surface area contributed by atoms with Crippen LogP contribution in [-0.2, 0) is 14.8 Å². The quantitative estimate of drug-likeness (QED) is 0.597. The number of sulfonamides is 1. The Kier molecular flexibility index (Phi) is 8.01. The van der Waals surface area contributed by atoms with Gasteiger partial charge in [-0.3, -0.25) is 9.10 Å². The molecule has 0 aliphatic rings. The molecule has 8 heteroatoms. The van der Waals surface area contributed by atoms with Gasteiger partial charge in [0.25, 0.3) is 0 Å². The molecule has 29 heavy (non-hydrogen) atoms. The number of carbonyl (C=O) groups is 1. The van der Waals surface area contributed by atoms with Gasteiger partial charge in [0.2, 0.25) is 15.9 Å². The van der Waals surface area contributed by atoms with E-state index in [0.29, 0.717) is 25.3 Å². The number of ether oxygens (including phenoxy) is 1. The standard InChI is InChI=1S/C21H27FN2O4S/c1-16-6-11-20(15-17(16)2)28-14-12-23-21(25)5-4-13-24(29(3,26)27)19-9-7-18(22)8-10-19/h6-11,15H,4-5,12-14H2,1-3H3,(H,23,25). The smallest absolute Gasteiger partial charge is 0.232 e. The van der Waals surface area contributed by atoms with E-state index >= 15 is 0 Å². The summed E-state index contributed by atoms with van der Waals surface area (Å²) in [6, 6.07) is 11.0. The summed E-state index contributed by atoms with van der Waals surface area (Å²) in [6.07, 6.45) is 1.60. The molecular formula is C21H27FN2O4S. The van der Waals surface area contributed by atoms with Gasteiger partial charge in [-0.05, 0) is 67.8 Å². The highest BCUT2D eigenvalue weighted by molar-refractivity contribution is 7.92. The molecule has 158 valence electrons. The fourth-order valence-corrected chi connectivity index (χ4v) is 3.69. The predicted octanol–water partition coefficient (Wildman–Crippen LogP) is 3.18. The fourth-order valence-electron chi connectivity index (χ4n) is 2.73. The summed E-state index contributed by atoms with van der Waals surface area (Å²) in [5, 5.41) is 2.76. The van der Waals surface area contributed by atoms with E-state index in [9.17, 15) is 17.6 Å². The van der Waals surface area contributed by atoms with Gasteiger partial charge in [0.15, 0.2) is 0 Å². The maximum Gasteiger partial charge on any atom is 0.232 e. The SMILES string of the molecule is Cc1ccc(OCCNC(=O)CCCN(c2ccc(F)cc2)S(C)(=O)=O)cc1C. The van der Waals surface area contributed by atoms with E-state index in [0.717, 1.165) is 17.6 Å². The Morgan fingerprint density at radius 2 is 1.79 bits per heavy atom. The van der Waals surface area contributed by atoms with Crippen LogP contribution in [0, 0.1) is 19.7 Å². The minimum atomic E-state index is -3.53. The minimum absolute atomic E-state index is 0.136. The Morgan fingerprint density at radius 3 is 2.41 bits per heavy atom. The lowest BCUT2D eigenvalue weighted by Gasteiger charge is -2.22. The van der Waals surface area contributed by atoms with Gasteiger partial charge in [0.1, 0.15) is 18.2 Å². The maximum absolute atomic E-state index is 13.1. The maximum atomic E-state index is 13.1. The van der Waals surface area contributed by atoms with Crippen LogP contribution in [0.5, 0.6) is 5.75 Å². The second-order valence-electron chi connectivity index (χ2n) is 6.86. The van der Waals surface area contributed by atoms with Crippen LogP contribution < -0.4 is 14.4 Å². The number of rotatable bonds is 10. The first-order valence-electron chi connectivity index (χ1n) is 9.37. The number of hydrogen-bond donors (Lipinski definition) is 1. The average molecular weight is 423 g/mol. The molecule has 2 aromatic rings. The molecule has 0 heterocycles. The molecule has 0 bridgehead atoms. The highest BCUT2D eigenvalue weighted by atomic mass is 32.2.